The maximum Gasteiger partial charge on any atom is 0.408 e. The lowest BCUT2D eigenvalue weighted by molar-refractivity contribution is -0.155. The van der Waals surface area contributed by atoms with E-state index in [-0.39, 0.29) is 19.8 Å². The fourth-order valence-electron chi connectivity index (χ4n) is 3.17. The molecule has 0 radical (unpaired) electrons. The van der Waals surface area contributed by atoms with Crippen molar-refractivity contribution in [1.82, 2.24) is 5.32 Å². The minimum Gasteiger partial charge on any atom is -0.467 e. The van der Waals surface area contributed by atoms with Gasteiger partial charge in [-0.05, 0) is 37.4 Å². The van der Waals surface area contributed by atoms with Crippen LogP contribution in [0.3, 0.4) is 0 Å². The Labute approximate surface area is 205 Å². The summed E-state index contributed by atoms with van der Waals surface area (Å²) in [7, 11) is 1.20. The largest absolute Gasteiger partial charge is 0.467 e. The molecule has 0 aliphatic carbocycles. The van der Waals surface area contributed by atoms with E-state index in [4.69, 9.17) is 24.5 Å². The minimum absolute atomic E-state index is 0.108. The number of nitrogens with one attached hydrogen (secondary N) is 1. The lowest BCUT2D eigenvalue weighted by Crippen LogP contribution is -2.56. The number of azide groups is 1. The van der Waals surface area contributed by atoms with Crippen LogP contribution in [0.2, 0.25) is 0 Å². The number of rotatable bonds is 12. The summed E-state index contributed by atoms with van der Waals surface area (Å²) < 4.78 is 22.4. The topological polar surface area (TPSA) is 132 Å². The second-order valence-electron chi connectivity index (χ2n) is 8.66. The summed E-state index contributed by atoms with van der Waals surface area (Å²) in [6.07, 6.45) is -2.79. The van der Waals surface area contributed by atoms with Gasteiger partial charge in [-0.15, -0.1) is 0 Å². The van der Waals surface area contributed by atoms with Gasteiger partial charge in [0.15, 0.2) is 6.04 Å². The van der Waals surface area contributed by atoms with E-state index in [0.717, 1.165) is 11.1 Å². The first-order valence-corrected chi connectivity index (χ1v) is 11.1. The van der Waals surface area contributed by atoms with Crippen LogP contribution in [0.4, 0.5) is 4.79 Å². The van der Waals surface area contributed by atoms with Gasteiger partial charge in [0.25, 0.3) is 0 Å². The zero-order chi connectivity index (χ0) is 25.7. The van der Waals surface area contributed by atoms with Crippen LogP contribution < -0.4 is 5.32 Å². The van der Waals surface area contributed by atoms with Crippen molar-refractivity contribution in [3.63, 3.8) is 0 Å². The quantitative estimate of drug-likeness (QED) is 0.204. The molecule has 188 valence electrons. The number of hydrogen-bond donors (Lipinski definition) is 1. The highest BCUT2D eigenvalue weighted by Crippen LogP contribution is 2.18. The number of carbonyl (C=O) groups excluding carboxylic acids is 2. The summed E-state index contributed by atoms with van der Waals surface area (Å²) in [4.78, 5) is 28.2. The molecule has 2 aromatic carbocycles. The van der Waals surface area contributed by atoms with Crippen LogP contribution in [0.25, 0.3) is 10.4 Å². The summed E-state index contributed by atoms with van der Waals surface area (Å²) in [5, 5.41) is 6.19. The van der Waals surface area contributed by atoms with Crippen LogP contribution in [-0.4, -0.2) is 49.6 Å². The summed E-state index contributed by atoms with van der Waals surface area (Å²) >= 11 is 0. The molecule has 0 saturated heterocycles. The van der Waals surface area contributed by atoms with Gasteiger partial charge < -0.3 is 24.3 Å². The molecule has 0 unspecified atom stereocenters. The minimum atomic E-state index is -1.30. The van der Waals surface area contributed by atoms with E-state index in [2.05, 4.69) is 15.3 Å². The Hall–Kier alpha value is -3.59. The Morgan fingerprint density at radius 2 is 1.51 bits per heavy atom. The van der Waals surface area contributed by atoms with Gasteiger partial charge in [-0.25, -0.2) is 9.59 Å². The number of amides is 1. The van der Waals surface area contributed by atoms with E-state index < -0.39 is 35.9 Å². The second kappa shape index (κ2) is 14.0. The molecule has 35 heavy (non-hydrogen) atoms. The molecule has 0 saturated carbocycles. The van der Waals surface area contributed by atoms with Crippen molar-refractivity contribution in [3.05, 3.63) is 82.2 Å². The molecule has 0 spiro atoms. The van der Waals surface area contributed by atoms with Crippen molar-refractivity contribution in [2.24, 2.45) is 5.11 Å². The first kappa shape index (κ1) is 27.7. The first-order chi connectivity index (χ1) is 16.7. The summed E-state index contributed by atoms with van der Waals surface area (Å²) in [6, 6.07) is 17.4. The van der Waals surface area contributed by atoms with Gasteiger partial charge in [0.1, 0.15) is 11.7 Å². The van der Waals surface area contributed by atoms with Crippen molar-refractivity contribution in [2.45, 2.75) is 57.8 Å². The monoisotopic (exact) mass is 484 g/mol. The summed E-state index contributed by atoms with van der Waals surface area (Å²) in [5.41, 5.74) is 9.85. The van der Waals surface area contributed by atoms with E-state index in [1.165, 1.54) is 7.11 Å². The van der Waals surface area contributed by atoms with E-state index >= 15 is 0 Å². The maximum atomic E-state index is 12.8. The highest BCUT2D eigenvalue weighted by Gasteiger charge is 2.39. The zero-order valence-electron chi connectivity index (χ0n) is 20.4. The Kier molecular flexibility index (Phi) is 11.0. The molecule has 10 heteroatoms. The van der Waals surface area contributed by atoms with E-state index in [1.807, 2.05) is 60.7 Å². The fraction of sp³-hybridized carbons (Fsp3) is 0.440. The van der Waals surface area contributed by atoms with Crippen LogP contribution in [-0.2, 0) is 37.0 Å². The Morgan fingerprint density at radius 3 is 2.00 bits per heavy atom. The van der Waals surface area contributed by atoms with Crippen molar-refractivity contribution in [1.29, 1.82) is 0 Å². The van der Waals surface area contributed by atoms with Gasteiger partial charge >= 0.3 is 12.1 Å². The molecular formula is C25H32N4O6. The number of hydrogen-bond acceptors (Lipinski definition) is 7. The van der Waals surface area contributed by atoms with Crippen LogP contribution in [0.1, 0.15) is 31.9 Å². The van der Waals surface area contributed by atoms with Gasteiger partial charge in [0.2, 0.25) is 0 Å². The molecule has 0 aliphatic rings. The molecule has 3 atom stereocenters. The lowest BCUT2D eigenvalue weighted by atomic mass is 10.0. The Morgan fingerprint density at radius 1 is 0.971 bits per heavy atom. The first-order valence-electron chi connectivity index (χ1n) is 11.1. The molecular weight excluding hydrogens is 452 g/mol. The van der Waals surface area contributed by atoms with E-state index in [9.17, 15) is 9.59 Å². The highest BCUT2D eigenvalue weighted by atomic mass is 16.6. The molecule has 2 rings (SSSR count). The summed E-state index contributed by atoms with van der Waals surface area (Å²) in [5.74, 6) is -0.761. The van der Waals surface area contributed by atoms with Gasteiger partial charge in [-0.3, -0.25) is 0 Å². The SMILES string of the molecule is COC(=O)[C@H](NC(=O)OC(C)(C)C)[C@H](OCc1ccccc1)[C@H](CN=[N+]=[N-])OCc1ccccc1. The molecule has 0 aliphatic heterocycles. The average molecular weight is 485 g/mol. The third kappa shape index (κ3) is 10.1. The van der Waals surface area contributed by atoms with Crippen LogP contribution in [0.15, 0.2) is 65.8 Å². The maximum absolute atomic E-state index is 12.8. The number of methoxy groups -OCH3 is 1. The van der Waals surface area contributed by atoms with Gasteiger partial charge in [-0.2, -0.15) is 0 Å². The molecule has 1 amide bonds. The third-order valence-electron chi connectivity index (χ3n) is 4.74. The van der Waals surface area contributed by atoms with Crippen LogP contribution in [0, 0.1) is 0 Å². The van der Waals surface area contributed by atoms with E-state index in [0.29, 0.717) is 0 Å². The van der Waals surface area contributed by atoms with Crippen molar-refractivity contribution < 1.29 is 28.5 Å². The highest BCUT2D eigenvalue weighted by molar-refractivity contribution is 5.82. The van der Waals surface area contributed by atoms with Crippen LogP contribution in [0.5, 0.6) is 0 Å². The smallest absolute Gasteiger partial charge is 0.408 e. The molecule has 0 fully saturated rings. The molecule has 1 N–H and O–H groups in total. The average Bonchev–Trinajstić information content (AvgIpc) is 2.84. The summed E-state index contributed by atoms with van der Waals surface area (Å²) in [6.45, 7) is 5.24. The van der Waals surface area contributed by atoms with Gasteiger partial charge in [0.05, 0.1) is 33.0 Å². The molecule has 0 heterocycles. The van der Waals surface area contributed by atoms with Crippen LogP contribution >= 0.6 is 0 Å². The second-order valence-corrected chi connectivity index (χ2v) is 8.66. The predicted octanol–water partition coefficient (Wildman–Crippen LogP) is 4.53. The fourth-order valence-corrected chi connectivity index (χ4v) is 3.17. The Bertz CT molecular complexity index is 974. The zero-order valence-corrected chi connectivity index (χ0v) is 20.4. The number of carbonyl (C=O) groups is 2. The molecule has 0 aromatic heterocycles. The Balaban J connectivity index is 2.36. The van der Waals surface area contributed by atoms with Gasteiger partial charge in [-0.1, -0.05) is 65.8 Å². The number of nitrogens with zero attached hydrogens (tertiary/aromatic N) is 3. The number of benzene rings is 2. The van der Waals surface area contributed by atoms with Crippen molar-refractivity contribution >= 4 is 12.1 Å². The van der Waals surface area contributed by atoms with Gasteiger partial charge in [0, 0.05) is 4.91 Å². The standard InChI is InChI=1S/C25H32N4O6/c1-25(2,3)35-24(31)28-21(23(30)32-4)22(34-17-19-13-9-6-10-14-19)20(15-27-29-26)33-16-18-11-7-5-8-12-18/h5-14,20-22H,15-17H2,1-4H3,(H,28,31)/t20-,21+,22+/m0/s1. The predicted molar refractivity (Wildman–Crippen MR) is 129 cm³/mol. The molecule has 0 bridgehead atoms. The lowest BCUT2D eigenvalue weighted by Gasteiger charge is -2.32. The molecule has 2 aromatic rings. The third-order valence-corrected chi connectivity index (χ3v) is 4.74. The number of esters is 1. The normalized spacial score (nSPS) is 13.6. The van der Waals surface area contributed by atoms with Crippen molar-refractivity contribution in [2.75, 3.05) is 13.7 Å². The molecule has 10 nitrogen and oxygen atoms in total. The number of ether oxygens (including phenoxy) is 4. The van der Waals surface area contributed by atoms with E-state index in [1.54, 1.807) is 20.8 Å². The van der Waals surface area contributed by atoms with Crippen molar-refractivity contribution in [3.8, 4) is 0 Å². The number of alkyl carbamates (subject to hydrolysis) is 1.